The maximum absolute atomic E-state index is 12.7. The van der Waals surface area contributed by atoms with E-state index in [1.165, 1.54) is 0 Å². The van der Waals surface area contributed by atoms with Gasteiger partial charge in [-0.1, -0.05) is 48.5 Å². The van der Waals surface area contributed by atoms with Crippen LogP contribution in [0.15, 0.2) is 66.7 Å². The first kappa shape index (κ1) is 18.0. The Labute approximate surface area is 164 Å². The minimum absolute atomic E-state index is 0.0901. The third kappa shape index (κ3) is 3.67. The molecule has 0 aliphatic carbocycles. The number of benzene rings is 2. The summed E-state index contributed by atoms with van der Waals surface area (Å²) in [6, 6.07) is 21.6. The Balaban J connectivity index is 1.55. The minimum Gasteiger partial charge on any atom is -0.372 e. The predicted molar refractivity (Wildman–Crippen MR) is 112 cm³/mol. The number of nitrogens with one attached hydrogen (secondary N) is 1. The molecular weight excluding hydrogens is 350 g/mol. The topological polar surface area (TPSA) is 61.4 Å². The molecule has 1 aliphatic heterocycles. The normalized spacial score (nSPS) is 14.0. The lowest BCUT2D eigenvalue weighted by molar-refractivity contribution is 0.0747. The van der Waals surface area contributed by atoms with Gasteiger partial charge in [-0.2, -0.15) is 0 Å². The van der Waals surface area contributed by atoms with Crippen molar-refractivity contribution in [1.29, 1.82) is 0 Å². The van der Waals surface area contributed by atoms with Crippen molar-refractivity contribution >= 4 is 17.4 Å². The summed E-state index contributed by atoms with van der Waals surface area (Å²) in [5.74, 6) is 0.824. The number of amides is 1. The monoisotopic (exact) mass is 373 g/mol. The molecule has 3 aromatic rings. The molecule has 28 heavy (non-hydrogen) atoms. The van der Waals surface area contributed by atoms with Crippen LogP contribution in [-0.4, -0.2) is 54.2 Å². The van der Waals surface area contributed by atoms with Crippen LogP contribution in [0.5, 0.6) is 0 Å². The molecule has 0 spiro atoms. The van der Waals surface area contributed by atoms with Crippen LogP contribution in [0, 0.1) is 0 Å². The van der Waals surface area contributed by atoms with Crippen molar-refractivity contribution in [2.75, 3.05) is 43.4 Å². The third-order valence-electron chi connectivity index (χ3n) is 5.01. The summed E-state index contributed by atoms with van der Waals surface area (Å²) in [6.07, 6.45) is 0. The minimum atomic E-state index is 0.0901. The average Bonchev–Trinajstić information content (AvgIpc) is 2.79. The van der Waals surface area contributed by atoms with E-state index in [0.717, 1.165) is 41.4 Å². The van der Waals surface area contributed by atoms with E-state index < -0.39 is 0 Å². The molecule has 142 valence electrons. The lowest BCUT2D eigenvalue weighted by atomic mass is 10.1. The molecule has 4 rings (SSSR count). The number of carbonyl (C=O) groups excluding carboxylic acids is 1. The maximum atomic E-state index is 12.7. The predicted octanol–water partition coefficient (Wildman–Crippen LogP) is 3.15. The van der Waals surface area contributed by atoms with Gasteiger partial charge in [-0.3, -0.25) is 4.79 Å². The number of nitrogens with zero attached hydrogens (tertiary/aromatic N) is 4. The van der Waals surface area contributed by atoms with Crippen molar-refractivity contribution in [3.8, 4) is 11.3 Å². The first-order chi connectivity index (χ1) is 13.8. The number of anilines is 2. The number of hydrogen-bond acceptors (Lipinski definition) is 5. The summed E-state index contributed by atoms with van der Waals surface area (Å²) in [7, 11) is 1.84. The number of rotatable bonds is 4. The van der Waals surface area contributed by atoms with Crippen molar-refractivity contribution in [2.45, 2.75) is 0 Å². The first-order valence-corrected chi connectivity index (χ1v) is 9.46. The zero-order valence-corrected chi connectivity index (χ0v) is 15.9. The molecule has 0 atom stereocenters. The largest absolute Gasteiger partial charge is 0.372 e. The van der Waals surface area contributed by atoms with E-state index in [1.54, 1.807) is 0 Å². The van der Waals surface area contributed by atoms with E-state index in [-0.39, 0.29) is 5.91 Å². The number of carbonyl (C=O) groups is 1. The Morgan fingerprint density at radius 3 is 2.18 bits per heavy atom. The third-order valence-corrected chi connectivity index (χ3v) is 5.01. The lowest BCUT2D eigenvalue weighted by Crippen LogP contribution is -2.49. The van der Waals surface area contributed by atoms with Gasteiger partial charge < -0.3 is 15.1 Å². The molecule has 0 saturated carbocycles. The van der Waals surface area contributed by atoms with Gasteiger partial charge in [0.2, 0.25) is 0 Å². The number of hydrogen-bond donors (Lipinski definition) is 1. The molecule has 1 aromatic heterocycles. The Morgan fingerprint density at radius 1 is 0.893 bits per heavy atom. The standard InChI is InChI=1S/C22H23N5O/c1-23-20-16-19(21(25-24-20)17-8-4-2-5-9-17)26-12-14-27(15-13-26)22(28)18-10-6-3-7-11-18/h2-11,16H,12-15H2,1H3,(H,23,24). The summed E-state index contributed by atoms with van der Waals surface area (Å²) in [4.78, 5) is 16.9. The molecule has 0 unspecified atom stereocenters. The number of aromatic nitrogens is 2. The fourth-order valence-corrected chi connectivity index (χ4v) is 3.46. The fourth-order valence-electron chi connectivity index (χ4n) is 3.46. The van der Waals surface area contributed by atoms with Crippen LogP contribution < -0.4 is 10.2 Å². The molecule has 2 heterocycles. The Bertz CT molecular complexity index is 938. The van der Waals surface area contributed by atoms with Crippen molar-refractivity contribution in [1.82, 2.24) is 15.1 Å². The van der Waals surface area contributed by atoms with Gasteiger partial charge >= 0.3 is 0 Å². The Hall–Kier alpha value is -3.41. The fraction of sp³-hybridized carbons (Fsp3) is 0.227. The molecule has 1 amide bonds. The second kappa shape index (κ2) is 8.08. The van der Waals surface area contributed by atoms with Crippen LogP contribution in [0.4, 0.5) is 11.5 Å². The van der Waals surface area contributed by atoms with Crippen LogP contribution in [-0.2, 0) is 0 Å². The SMILES string of the molecule is CNc1cc(N2CCN(C(=O)c3ccccc3)CC2)c(-c2ccccc2)nn1. The highest BCUT2D eigenvalue weighted by molar-refractivity contribution is 5.94. The molecule has 6 heteroatoms. The second-order valence-electron chi connectivity index (χ2n) is 6.72. The average molecular weight is 373 g/mol. The van der Waals surface area contributed by atoms with Crippen molar-refractivity contribution in [3.05, 3.63) is 72.3 Å². The summed E-state index contributed by atoms with van der Waals surface area (Å²) in [5, 5.41) is 11.8. The van der Waals surface area contributed by atoms with Gasteiger partial charge in [0.05, 0.1) is 5.69 Å². The van der Waals surface area contributed by atoms with E-state index in [9.17, 15) is 4.79 Å². The van der Waals surface area contributed by atoms with Gasteiger partial charge in [-0.25, -0.2) is 0 Å². The van der Waals surface area contributed by atoms with E-state index in [0.29, 0.717) is 13.1 Å². The summed E-state index contributed by atoms with van der Waals surface area (Å²) < 4.78 is 0. The van der Waals surface area contributed by atoms with E-state index in [1.807, 2.05) is 78.7 Å². The molecular formula is C22H23N5O. The molecule has 1 saturated heterocycles. The Kier molecular flexibility index (Phi) is 5.19. The van der Waals surface area contributed by atoms with Crippen molar-refractivity contribution < 1.29 is 4.79 Å². The van der Waals surface area contributed by atoms with Crippen LogP contribution in [0.3, 0.4) is 0 Å². The molecule has 0 bridgehead atoms. The molecule has 1 N–H and O–H groups in total. The van der Waals surface area contributed by atoms with Gasteiger partial charge in [-0.05, 0) is 12.1 Å². The lowest BCUT2D eigenvalue weighted by Gasteiger charge is -2.36. The zero-order chi connectivity index (χ0) is 19.3. The van der Waals surface area contributed by atoms with Crippen LogP contribution in [0.2, 0.25) is 0 Å². The summed E-state index contributed by atoms with van der Waals surface area (Å²) in [5.41, 5.74) is 3.68. The highest BCUT2D eigenvalue weighted by atomic mass is 16.2. The molecule has 1 fully saturated rings. The highest BCUT2D eigenvalue weighted by Gasteiger charge is 2.24. The van der Waals surface area contributed by atoms with Crippen LogP contribution in [0.1, 0.15) is 10.4 Å². The van der Waals surface area contributed by atoms with E-state index in [2.05, 4.69) is 20.4 Å². The van der Waals surface area contributed by atoms with Gasteiger partial charge in [0.25, 0.3) is 5.91 Å². The molecule has 1 aliphatic rings. The summed E-state index contributed by atoms with van der Waals surface area (Å²) >= 11 is 0. The molecule has 2 aromatic carbocycles. The first-order valence-electron chi connectivity index (χ1n) is 9.46. The van der Waals surface area contributed by atoms with Gasteiger partial charge in [0.1, 0.15) is 5.69 Å². The van der Waals surface area contributed by atoms with Crippen molar-refractivity contribution in [3.63, 3.8) is 0 Å². The maximum Gasteiger partial charge on any atom is 0.253 e. The van der Waals surface area contributed by atoms with Crippen LogP contribution >= 0.6 is 0 Å². The van der Waals surface area contributed by atoms with Crippen LogP contribution in [0.25, 0.3) is 11.3 Å². The smallest absolute Gasteiger partial charge is 0.253 e. The molecule has 6 nitrogen and oxygen atoms in total. The number of piperazine rings is 1. The summed E-state index contributed by atoms with van der Waals surface area (Å²) in [6.45, 7) is 2.87. The van der Waals surface area contributed by atoms with Crippen molar-refractivity contribution in [2.24, 2.45) is 0 Å². The van der Waals surface area contributed by atoms with Gasteiger partial charge in [0.15, 0.2) is 5.82 Å². The van der Waals surface area contributed by atoms with E-state index in [4.69, 9.17) is 0 Å². The highest BCUT2D eigenvalue weighted by Crippen LogP contribution is 2.30. The quantitative estimate of drug-likeness (QED) is 0.761. The molecule has 0 radical (unpaired) electrons. The Morgan fingerprint density at radius 2 is 1.54 bits per heavy atom. The second-order valence-corrected chi connectivity index (χ2v) is 6.72. The van der Waals surface area contributed by atoms with Gasteiger partial charge in [0, 0.05) is 50.4 Å². The van der Waals surface area contributed by atoms with E-state index >= 15 is 0 Å². The van der Waals surface area contributed by atoms with Gasteiger partial charge in [-0.15, -0.1) is 10.2 Å². The zero-order valence-electron chi connectivity index (χ0n) is 15.9.